The zero-order valence-electron chi connectivity index (χ0n) is 7.95. The van der Waals surface area contributed by atoms with Crippen molar-refractivity contribution in [1.82, 2.24) is 0 Å². The van der Waals surface area contributed by atoms with Crippen LogP contribution >= 0.6 is 23.2 Å². The van der Waals surface area contributed by atoms with E-state index in [4.69, 9.17) is 27.9 Å². The third kappa shape index (κ3) is 3.57. The molecular weight excluding hydrogens is 235 g/mol. The second kappa shape index (κ2) is 5.79. The second-order valence-electron chi connectivity index (χ2n) is 2.86. The molecule has 0 aliphatic heterocycles. The van der Waals surface area contributed by atoms with E-state index in [1.54, 1.807) is 0 Å². The Hall–Kier alpha value is -0.990. The number of hydrogen-bond donors (Lipinski definition) is 0. The summed E-state index contributed by atoms with van der Waals surface area (Å²) in [6.07, 6.45) is -0.490. The van der Waals surface area contributed by atoms with E-state index >= 15 is 0 Å². The van der Waals surface area contributed by atoms with Gasteiger partial charge in [-0.1, -0.05) is 48.5 Å². The predicted molar refractivity (Wildman–Crippen MR) is 61.0 cm³/mol. The van der Waals surface area contributed by atoms with Crippen LogP contribution in [0.2, 0.25) is 0 Å². The fraction of sp³-hybridized carbons (Fsp3) is 0.182. The van der Waals surface area contributed by atoms with Crippen LogP contribution in [0.1, 0.15) is 11.7 Å². The number of ether oxygens (including phenoxy) is 1. The summed E-state index contributed by atoms with van der Waals surface area (Å²) in [4.78, 5) is 11.2. The zero-order valence-corrected chi connectivity index (χ0v) is 9.46. The Balaban J connectivity index is 2.73. The normalized spacial score (nSPS) is 11.9. The van der Waals surface area contributed by atoms with Crippen molar-refractivity contribution in [3.63, 3.8) is 0 Å². The summed E-state index contributed by atoms with van der Waals surface area (Å²) < 4.78 is 5.04. The first-order chi connectivity index (χ1) is 7.15. The number of carbonyl (C=O) groups is 1. The number of halogens is 2. The third-order valence-electron chi connectivity index (χ3n) is 1.78. The van der Waals surface area contributed by atoms with E-state index in [0.29, 0.717) is 0 Å². The zero-order chi connectivity index (χ0) is 11.3. The van der Waals surface area contributed by atoms with Crippen molar-refractivity contribution in [2.24, 2.45) is 0 Å². The molecule has 0 N–H and O–H groups in total. The van der Waals surface area contributed by atoms with Crippen molar-refractivity contribution in [3.8, 4) is 0 Å². The summed E-state index contributed by atoms with van der Waals surface area (Å²) in [6, 6.07) is 9.22. The molecule has 0 bridgehead atoms. The van der Waals surface area contributed by atoms with Crippen LogP contribution in [0, 0.1) is 0 Å². The van der Waals surface area contributed by atoms with Gasteiger partial charge in [-0.3, -0.25) is 0 Å². The number of alkyl halides is 1. The molecule has 1 aromatic rings. The van der Waals surface area contributed by atoms with Crippen molar-refractivity contribution >= 4 is 29.2 Å². The first kappa shape index (κ1) is 12.1. The van der Waals surface area contributed by atoms with Crippen molar-refractivity contribution in [2.45, 2.75) is 6.10 Å². The van der Waals surface area contributed by atoms with Crippen molar-refractivity contribution in [3.05, 3.63) is 47.5 Å². The highest BCUT2D eigenvalue weighted by molar-refractivity contribution is 6.40. The van der Waals surface area contributed by atoms with E-state index in [1.807, 2.05) is 30.3 Å². The highest BCUT2D eigenvalue weighted by Crippen LogP contribution is 2.20. The Kier molecular flexibility index (Phi) is 4.66. The lowest BCUT2D eigenvalue weighted by Crippen LogP contribution is -2.12. The maximum Gasteiger partial charge on any atom is 0.349 e. The van der Waals surface area contributed by atoms with Gasteiger partial charge in [0.05, 0.1) is 5.88 Å². The smallest absolute Gasteiger partial charge is 0.349 e. The Bertz CT molecular complexity index is 349. The third-order valence-corrected chi connectivity index (χ3v) is 2.22. The quantitative estimate of drug-likeness (QED) is 0.462. The molecule has 1 unspecified atom stereocenters. The van der Waals surface area contributed by atoms with Crippen LogP contribution in [0.15, 0.2) is 41.9 Å². The summed E-state index contributed by atoms with van der Waals surface area (Å²) in [5.74, 6) is -0.467. The lowest BCUT2D eigenvalue weighted by molar-refractivity contribution is -0.142. The Labute approximate surface area is 98.4 Å². The molecule has 0 aliphatic rings. The number of esters is 1. The van der Waals surface area contributed by atoms with Gasteiger partial charge in [-0.2, -0.15) is 0 Å². The molecule has 15 heavy (non-hydrogen) atoms. The topological polar surface area (TPSA) is 26.3 Å². The molecule has 1 rings (SSSR count). The number of hydrogen-bond acceptors (Lipinski definition) is 2. The van der Waals surface area contributed by atoms with Gasteiger partial charge in [-0.15, -0.1) is 11.6 Å². The monoisotopic (exact) mass is 244 g/mol. The van der Waals surface area contributed by atoms with Crippen molar-refractivity contribution in [1.29, 1.82) is 0 Å². The van der Waals surface area contributed by atoms with Gasteiger partial charge in [0.25, 0.3) is 0 Å². The molecule has 0 amide bonds. The second-order valence-corrected chi connectivity index (χ2v) is 3.63. The minimum absolute atomic E-state index is 0.152. The fourth-order valence-corrected chi connectivity index (χ4v) is 1.34. The van der Waals surface area contributed by atoms with E-state index in [0.717, 1.165) is 5.56 Å². The Morgan fingerprint density at radius 2 is 2.00 bits per heavy atom. The van der Waals surface area contributed by atoms with Crippen molar-refractivity contribution in [2.75, 3.05) is 5.88 Å². The van der Waals surface area contributed by atoms with E-state index in [1.165, 1.54) is 0 Å². The summed E-state index contributed by atoms with van der Waals surface area (Å²) >= 11 is 11.1. The largest absolute Gasteiger partial charge is 0.452 e. The maximum atomic E-state index is 11.2. The lowest BCUT2D eigenvalue weighted by Gasteiger charge is -2.14. The minimum Gasteiger partial charge on any atom is -0.452 e. The van der Waals surface area contributed by atoms with Crippen LogP contribution in [0.5, 0.6) is 0 Å². The van der Waals surface area contributed by atoms with Gasteiger partial charge in [-0.05, 0) is 5.56 Å². The molecular formula is C11H10Cl2O2. The van der Waals surface area contributed by atoms with Gasteiger partial charge in [0.15, 0.2) is 0 Å². The van der Waals surface area contributed by atoms with Crippen LogP contribution in [0.3, 0.4) is 0 Å². The Morgan fingerprint density at radius 3 is 2.47 bits per heavy atom. The van der Waals surface area contributed by atoms with Gasteiger partial charge < -0.3 is 4.74 Å². The standard InChI is InChI=1S/C11H10Cl2O2/c1-8(13)11(14)15-10(7-12)9-5-3-2-4-6-9/h2-6,10H,1,7H2. The molecule has 4 heteroatoms. The van der Waals surface area contributed by atoms with Gasteiger partial charge in [0.1, 0.15) is 11.1 Å². The first-order valence-electron chi connectivity index (χ1n) is 4.31. The molecule has 0 aliphatic carbocycles. The summed E-state index contributed by atoms with van der Waals surface area (Å²) in [6.45, 7) is 3.28. The van der Waals surface area contributed by atoms with E-state index in [-0.39, 0.29) is 10.9 Å². The molecule has 0 heterocycles. The summed E-state index contributed by atoms with van der Waals surface area (Å²) in [5.41, 5.74) is 0.832. The van der Waals surface area contributed by atoms with E-state index in [2.05, 4.69) is 6.58 Å². The molecule has 80 valence electrons. The molecule has 0 radical (unpaired) electrons. The Morgan fingerprint density at radius 1 is 1.40 bits per heavy atom. The molecule has 2 nitrogen and oxygen atoms in total. The highest BCUT2D eigenvalue weighted by atomic mass is 35.5. The molecule has 0 spiro atoms. The molecule has 0 saturated carbocycles. The van der Waals surface area contributed by atoms with Gasteiger partial charge in [0.2, 0.25) is 0 Å². The van der Waals surface area contributed by atoms with Crippen LogP contribution in [0.25, 0.3) is 0 Å². The van der Waals surface area contributed by atoms with Crippen molar-refractivity contribution < 1.29 is 9.53 Å². The van der Waals surface area contributed by atoms with Gasteiger partial charge in [0, 0.05) is 0 Å². The first-order valence-corrected chi connectivity index (χ1v) is 5.22. The maximum absolute atomic E-state index is 11.2. The molecule has 0 aromatic heterocycles. The predicted octanol–water partition coefficient (Wildman–Crippen LogP) is 3.26. The molecule has 0 fully saturated rings. The minimum atomic E-state index is -0.647. The van der Waals surface area contributed by atoms with E-state index in [9.17, 15) is 4.79 Å². The number of benzene rings is 1. The van der Waals surface area contributed by atoms with Crippen LogP contribution in [0.4, 0.5) is 0 Å². The summed E-state index contributed by atoms with van der Waals surface area (Å²) in [7, 11) is 0. The molecule has 1 atom stereocenters. The molecule has 0 saturated heterocycles. The van der Waals surface area contributed by atoms with Crippen LogP contribution < -0.4 is 0 Å². The number of rotatable bonds is 4. The van der Waals surface area contributed by atoms with Gasteiger partial charge >= 0.3 is 5.97 Å². The number of carbonyl (C=O) groups excluding carboxylic acids is 1. The average Bonchev–Trinajstić information content (AvgIpc) is 2.26. The van der Waals surface area contributed by atoms with E-state index < -0.39 is 12.1 Å². The average molecular weight is 245 g/mol. The molecule has 1 aromatic carbocycles. The van der Waals surface area contributed by atoms with Gasteiger partial charge in [-0.25, -0.2) is 4.79 Å². The van der Waals surface area contributed by atoms with Crippen LogP contribution in [-0.4, -0.2) is 11.8 Å². The lowest BCUT2D eigenvalue weighted by atomic mass is 10.1. The van der Waals surface area contributed by atoms with Crippen LogP contribution in [-0.2, 0) is 9.53 Å². The SMILES string of the molecule is C=C(Cl)C(=O)OC(CCl)c1ccccc1. The summed E-state index contributed by atoms with van der Waals surface area (Å²) in [5, 5.41) is -0.152. The fourth-order valence-electron chi connectivity index (χ4n) is 1.05. The highest BCUT2D eigenvalue weighted by Gasteiger charge is 2.16.